The van der Waals surface area contributed by atoms with Gasteiger partial charge in [0.15, 0.2) is 0 Å². The van der Waals surface area contributed by atoms with Gasteiger partial charge >= 0.3 is 0 Å². The Morgan fingerprint density at radius 1 is 0.536 bits per heavy atom. The number of para-hydroxylation sites is 4. The first-order valence-electron chi connectivity index (χ1n) is 19.3. The smallest absolute Gasteiger partial charge is 0.235 e. The van der Waals surface area contributed by atoms with Crippen molar-refractivity contribution in [2.24, 2.45) is 0 Å². The van der Waals surface area contributed by atoms with Gasteiger partial charge in [-0.2, -0.15) is 0 Å². The van der Waals surface area contributed by atoms with Crippen LogP contribution in [0, 0.1) is 0 Å². The first kappa shape index (κ1) is 32.2. The third kappa shape index (κ3) is 5.22. The number of hydrogen-bond acceptors (Lipinski definition) is 2. The number of fused-ring (bicyclic) bond motifs is 7. The molecular formula is C52H36N4. The van der Waals surface area contributed by atoms with Crippen molar-refractivity contribution in [2.45, 2.75) is 12.8 Å². The van der Waals surface area contributed by atoms with Crippen LogP contribution < -0.4 is 0 Å². The maximum absolute atomic E-state index is 5.39. The topological polar surface area (TPSA) is 35.6 Å². The molecular weight excluding hydrogens is 681 g/mol. The van der Waals surface area contributed by atoms with E-state index in [-0.39, 0.29) is 0 Å². The van der Waals surface area contributed by atoms with E-state index in [9.17, 15) is 0 Å². The van der Waals surface area contributed by atoms with Gasteiger partial charge in [-0.05, 0) is 83.5 Å². The van der Waals surface area contributed by atoms with Crippen molar-refractivity contribution in [1.82, 2.24) is 19.1 Å². The average Bonchev–Trinajstić information content (AvgIpc) is 3.81. The molecule has 264 valence electrons. The predicted molar refractivity (Wildman–Crippen MR) is 234 cm³/mol. The van der Waals surface area contributed by atoms with Crippen LogP contribution in [0.25, 0.3) is 88.9 Å². The van der Waals surface area contributed by atoms with Crippen LogP contribution in [0.4, 0.5) is 0 Å². The van der Waals surface area contributed by atoms with Gasteiger partial charge in [0.1, 0.15) is 0 Å². The molecule has 0 spiro atoms. The van der Waals surface area contributed by atoms with Crippen molar-refractivity contribution < 1.29 is 0 Å². The van der Waals surface area contributed by atoms with Crippen molar-refractivity contribution in [1.29, 1.82) is 0 Å². The summed E-state index contributed by atoms with van der Waals surface area (Å²) in [6.45, 7) is 0. The number of aromatic nitrogens is 4. The minimum Gasteiger partial charge on any atom is -0.310 e. The third-order valence-electron chi connectivity index (χ3n) is 11.2. The van der Waals surface area contributed by atoms with E-state index in [1.54, 1.807) is 0 Å². The Labute approximate surface area is 324 Å². The maximum atomic E-state index is 5.39. The van der Waals surface area contributed by atoms with Crippen LogP contribution in [0.15, 0.2) is 194 Å². The van der Waals surface area contributed by atoms with E-state index in [0.717, 1.165) is 62.8 Å². The second-order valence-electron chi connectivity index (χ2n) is 14.5. The normalized spacial score (nSPS) is 13.4. The van der Waals surface area contributed by atoms with Crippen LogP contribution in [0.2, 0.25) is 0 Å². The fourth-order valence-corrected chi connectivity index (χ4v) is 8.66. The summed E-state index contributed by atoms with van der Waals surface area (Å²) < 4.78 is 4.67. The number of benzene rings is 7. The lowest BCUT2D eigenvalue weighted by atomic mass is 9.88. The predicted octanol–water partition coefficient (Wildman–Crippen LogP) is 13.3. The molecule has 0 bridgehead atoms. The Balaban J connectivity index is 1.23. The summed E-state index contributed by atoms with van der Waals surface area (Å²) in [5.41, 5.74) is 12.2. The van der Waals surface area contributed by atoms with Crippen LogP contribution in [0.5, 0.6) is 0 Å². The Hall–Kier alpha value is -7.30. The Morgan fingerprint density at radius 2 is 1.21 bits per heavy atom. The van der Waals surface area contributed by atoms with Crippen LogP contribution in [0.3, 0.4) is 0 Å². The fourth-order valence-electron chi connectivity index (χ4n) is 8.66. The third-order valence-corrected chi connectivity index (χ3v) is 11.2. The zero-order chi connectivity index (χ0) is 37.0. The summed E-state index contributed by atoms with van der Waals surface area (Å²) in [6.07, 6.45) is 11.5. The summed E-state index contributed by atoms with van der Waals surface area (Å²) >= 11 is 0. The molecule has 0 N–H and O–H groups in total. The first-order chi connectivity index (χ1) is 27.8. The quantitative estimate of drug-likeness (QED) is 0.172. The highest BCUT2D eigenvalue weighted by molar-refractivity contribution is 6.22. The zero-order valence-electron chi connectivity index (χ0n) is 30.7. The van der Waals surface area contributed by atoms with Crippen LogP contribution >= 0.6 is 0 Å². The molecule has 0 atom stereocenters. The minimum atomic E-state index is 0.660. The van der Waals surface area contributed by atoms with Crippen molar-refractivity contribution in [3.8, 4) is 22.9 Å². The highest BCUT2D eigenvalue weighted by Gasteiger charge is 2.23. The van der Waals surface area contributed by atoms with Crippen molar-refractivity contribution in [3.63, 3.8) is 0 Å². The molecule has 56 heavy (non-hydrogen) atoms. The molecule has 0 amide bonds. The molecule has 3 aromatic heterocycles. The van der Waals surface area contributed by atoms with Gasteiger partial charge in [0, 0.05) is 43.9 Å². The molecule has 0 aliphatic heterocycles. The van der Waals surface area contributed by atoms with Gasteiger partial charge in [-0.3, -0.25) is 4.57 Å². The molecule has 4 heteroatoms. The number of allylic oxidation sites excluding steroid dienone is 5. The van der Waals surface area contributed by atoms with E-state index in [1.807, 2.05) is 6.07 Å². The van der Waals surface area contributed by atoms with Crippen LogP contribution in [-0.2, 0) is 0 Å². The van der Waals surface area contributed by atoms with Crippen molar-refractivity contribution in [2.75, 3.05) is 0 Å². The lowest BCUT2D eigenvalue weighted by molar-refractivity contribution is 1.02. The lowest BCUT2D eigenvalue weighted by Gasteiger charge is -2.18. The molecule has 4 nitrogen and oxygen atoms in total. The van der Waals surface area contributed by atoms with E-state index in [2.05, 4.69) is 197 Å². The van der Waals surface area contributed by atoms with Crippen LogP contribution in [0.1, 0.15) is 24.1 Å². The molecule has 1 aliphatic rings. The lowest BCUT2D eigenvalue weighted by Crippen LogP contribution is -2.04. The summed E-state index contributed by atoms with van der Waals surface area (Å²) in [5, 5.41) is 6.92. The second kappa shape index (κ2) is 13.2. The van der Waals surface area contributed by atoms with Gasteiger partial charge in [-0.15, -0.1) is 0 Å². The SMILES string of the molecule is C1=CC(/C(=C\c2cc3ccccc3n2-c2ccccc2)c2cc3c4ccccc4n(-c4nc(-c5ccccc5)c5ccccc5n4)c3c3ccccc23)=CCC1. The Bertz CT molecular complexity index is 3230. The van der Waals surface area contributed by atoms with E-state index in [1.165, 1.54) is 43.8 Å². The standard InChI is InChI=1S/C52H36N4/c1-4-18-35(19-5-1)44(33-39-32-37-22-10-16-30-48(37)55(39)38-23-8-3-9-24-38)45-34-46-41-26-14-17-31-49(41)56(51(46)42-27-12-11-25-40(42)45)52-53-47-29-15-13-28-43(47)50(54-52)36-20-6-2-7-21-36/h2-4,6-34H,1,5H2/b44-33+. The summed E-state index contributed by atoms with van der Waals surface area (Å²) in [7, 11) is 0. The van der Waals surface area contributed by atoms with Gasteiger partial charge in [0.25, 0.3) is 0 Å². The van der Waals surface area contributed by atoms with Gasteiger partial charge < -0.3 is 4.57 Å². The average molecular weight is 717 g/mol. The molecule has 1 aliphatic carbocycles. The molecule has 0 saturated carbocycles. The Morgan fingerprint density at radius 3 is 2.02 bits per heavy atom. The maximum Gasteiger partial charge on any atom is 0.235 e. The minimum absolute atomic E-state index is 0.660. The molecule has 0 unspecified atom stereocenters. The Kier molecular flexibility index (Phi) is 7.59. The van der Waals surface area contributed by atoms with Gasteiger partial charge in [-0.1, -0.05) is 146 Å². The van der Waals surface area contributed by atoms with E-state index >= 15 is 0 Å². The van der Waals surface area contributed by atoms with E-state index < -0.39 is 0 Å². The fraction of sp³-hybridized carbons (Fsp3) is 0.0385. The van der Waals surface area contributed by atoms with Gasteiger partial charge in [0.05, 0.1) is 27.8 Å². The van der Waals surface area contributed by atoms with Crippen molar-refractivity contribution >= 4 is 66.0 Å². The highest BCUT2D eigenvalue weighted by atomic mass is 15.2. The summed E-state index contributed by atoms with van der Waals surface area (Å²) in [5.74, 6) is 0.660. The largest absolute Gasteiger partial charge is 0.310 e. The molecule has 0 saturated heterocycles. The molecule has 0 radical (unpaired) electrons. The molecule has 7 aromatic carbocycles. The summed E-state index contributed by atoms with van der Waals surface area (Å²) in [6, 6.07) is 60.4. The molecule has 3 heterocycles. The van der Waals surface area contributed by atoms with Gasteiger partial charge in [0.2, 0.25) is 5.95 Å². The number of nitrogens with zero attached hydrogens (tertiary/aromatic N) is 4. The van der Waals surface area contributed by atoms with E-state index in [0.29, 0.717) is 5.95 Å². The zero-order valence-corrected chi connectivity index (χ0v) is 30.7. The molecule has 11 rings (SSSR count). The summed E-state index contributed by atoms with van der Waals surface area (Å²) in [4.78, 5) is 10.7. The van der Waals surface area contributed by atoms with Crippen molar-refractivity contribution in [3.05, 3.63) is 205 Å². The monoisotopic (exact) mass is 716 g/mol. The first-order valence-corrected chi connectivity index (χ1v) is 19.3. The van der Waals surface area contributed by atoms with Gasteiger partial charge in [-0.25, -0.2) is 9.97 Å². The van der Waals surface area contributed by atoms with Crippen LogP contribution in [-0.4, -0.2) is 19.1 Å². The number of hydrogen-bond donors (Lipinski definition) is 0. The molecule has 0 fully saturated rings. The second-order valence-corrected chi connectivity index (χ2v) is 14.5. The van der Waals surface area contributed by atoms with E-state index in [4.69, 9.17) is 9.97 Å². The molecule has 10 aromatic rings. The number of rotatable bonds is 6. The highest BCUT2D eigenvalue weighted by Crippen LogP contribution is 2.43.